The molecule has 0 spiro atoms. The number of aliphatic hydroxyl groups is 3. The third-order valence-corrected chi connectivity index (χ3v) is 2.77. The van der Waals surface area contributed by atoms with E-state index in [0.717, 1.165) is 0 Å². The number of hydrogen-bond donors (Lipinski definition) is 3. The van der Waals surface area contributed by atoms with Crippen LogP contribution in [0.25, 0.3) is 0 Å². The van der Waals surface area contributed by atoms with E-state index in [9.17, 15) is 10.2 Å². The highest BCUT2D eigenvalue weighted by atomic mass is 16.5. The summed E-state index contributed by atoms with van der Waals surface area (Å²) in [5, 5.41) is 27.7. The molecule has 2 fully saturated rings. The van der Waals surface area contributed by atoms with Gasteiger partial charge in [0.05, 0.1) is 12.7 Å². The van der Waals surface area contributed by atoms with Gasteiger partial charge in [0.2, 0.25) is 0 Å². The quantitative estimate of drug-likeness (QED) is 0.436. The molecule has 0 amide bonds. The number of rotatable bonds is 1. The molecule has 4 heteroatoms. The Kier molecular flexibility index (Phi) is 1.47. The van der Waals surface area contributed by atoms with E-state index in [1.165, 1.54) is 0 Å². The van der Waals surface area contributed by atoms with Gasteiger partial charge in [-0.2, -0.15) is 0 Å². The zero-order valence-electron chi connectivity index (χ0n) is 6.10. The maximum atomic E-state index is 9.64. The summed E-state index contributed by atoms with van der Waals surface area (Å²) in [6, 6.07) is 0. The van der Waals surface area contributed by atoms with Crippen molar-refractivity contribution in [2.45, 2.75) is 24.2 Å². The van der Waals surface area contributed by atoms with Crippen LogP contribution in [0.3, 0.4) is 0 Å². The smallest absolute Gasteiger partial charge is 0.125 e. The third kappa shape index (κ3) is 0.780. The third-order valence-electron chi connectivity index (χ3n) is 2.77. The Morgan fingerprint density at radius 1 is 1.55 bits per heavy atom. The van der Waals surface area contributed by atoms with E-state index in [2.05, 4.69) is 0 Å². The molecule has 1 saturated carbocycles. The molecular formula is C7H12O4. The number of fused-ring (bicyclic) bond motifs is 1. The molecule has 0 bridgehead atoms. The Hall–Kier alpha value is -0.160. The van der Waals surface area contributed by atoms with Gasteiger partial charge < -0.3 is 20.1 Å². The molecule has 0 radical (unpaired) electrons. The topological polar surface area (TPSA) is 69.9 Å². The lowest BCUT2D eigenvalue weighted by atomic mass is 10.1. The van der Waals surface area contributed by atoms with Gasteiger partial charge in [-0.1, -0.05) is 0 Å². The van der Waals surface area contributed by atoms with Crippen LogP contribution in [0, 0.1) is 5.92 Å². The van der Waals surface area contributed by atoms with Gasteiger partial charge in [-0.05, 0) is 6.42 Å². The Morgan fingerprint density at radius 2 is 2.27 bits per heavy atom. The largest absolute Gasteiger partial charge is 0.394 e. The Balaban J connectivity index is 2.12. The van der Waals surface area contributed by atoms with E-state index in [-0.39, 0.29) is 12.5 Å². The highest BCUT2D eigenvalue weighted by Gasteiger charge is 2.69. The van der Waals surface area contributed by atoms with E-state index in [1.54, 1.807) is 0 Å². The number of ether oxygens (including phenoxy) is 1. The minimum Gasteiger partial charge on any atom is -0.394 e. The van der Waals surface area contributed by atoms with E-state index in [4.69, 9.17) is 9.84 Å². The van der Waals surface area contributed by atoms with Gasteiger partial charge in [-0.3, -0.25) is 0 Å². The monoisotopic (exact) mass is 160 g/mol. The van der Waals surface area contributed by atoms with Gasteiger partial charge in [0, 0.05) is 12.5 Å². The predicted octanol–water partition coefficient (Wildman–Crippen LogP) is -1.51. The lowest BCUT2D eigenvalue weighted by Crippen LogP contribution is -2.41. The summed E-state index contributed by atoms with van der Waals surface area (Å²) in [5.74, 6) is -0.0756. The second-order valence-electron chi connectivity index (χ2n) is 3.27. The van der Waals surface area contributed by atoms with Crippen LogP contribution in [0.5, 0.6) is 0 Å². The Bertz CT molecular complexity index is 172. The van der Waals surface area contributed by atoms with Crippen molar-refractivity contribution in [2.24, 2.45) is 5.92 Å². The molecule has 2 rings (SSSR count). The second-order valence-corrected chi connectivity index (χ2v) is 3.27. The average Bonchev–Trinajstić information content (AvgIpc) is 2.55. The van der Waals surface area contributed by atoms with Gasteiger partial charge in [-0.15, -0.1) is 0 Å². The highest BCUT2D eigenvalue weighted by molar-refractivity contribution is 5.18. The average molecular weight is 160 g/mol. The summed E-state index contributed by atoms with van der Waals surface area (Å²) in [5.41, 5.74) is -1.15. The van der Waals surface area contributed by atoms with Crippen LogP contribution in [-0.2, 0) is 4.74 Å². The minimum absolute atomic E-state index is 0.0756. The molecule has 0 aromatic heterocycles. The first-order chi connectivity index (χ1) is 5.21. The number of hydrogen-bond acceptors (Lipinski definition) is 4. The van der Waals surface area contributed by atoms with Gasteiger partial charge in [0.15, 0.2) is 0 Å². The summed E-state index contributed by atoms with van der Waals surface area (Å²) in [7, 11) is 0. The van der Waals surface area contributed by atoms with Crippen LogP contribution in [0.2, 0.25) is 0 Å². The summed E-state index contributed by atoms with van der Waals surface area (Å²) >= 11 is 0. The van der Waals surface area contributed by atoms with Gasteiger partial charge in [-0.25, -0.2) is 0 Å². The zero-order chi connectivity index (χ0) is 8.06. The molecule has 2 aliphatic rings. The van der Waals surface area contributed by atoms with Crippen LogP contribution in [-0.4, -0.2) is 46.3 Å². The second kappa shape index (κ2) is 2.17. The Morgan fingerprint density at radius 3 is 2.82 bits per heavy atom. The summed E-state index contributed by atoms with van der Waals surface area (Å²) < 4.78 is 5.09. The van der Waals surface area contributed by atoms with E-state index < -0.39 is 17.8 Å². The highest BCUT2D eigenvalue weighted by Crippen LogP contribution is 2.51. The molecule has 1 aliphatic heterocycles. The fourth-order valence-electron chi connectivity index (χ4n) is 1.93. The molecule has 1 heterocycles. The maximum Gasteiger partial charge on any atom is 0.125 e. The summed E-state index contributed by atoms with van der Waals surface area (Å²) in [4.78, 5) is 0. The first kappa shape index (κ1) is 7.49. The molecule has 11 heavy (non-hydrogen) atoms. The van der Waals surface area contributed by atoms with Crippen molar-refractivity contribution in [3.63, 3.8) is 0 Å². The fourth-order valence-corrected chi connectivity index (χ4v) is 1.93. The molecule has 4 atom stereocenters. The van der Waals surface area contributed by atoms with Crippen LogP contribution in [0.15, 0.2) is 0 Å². The zero-order valence-corrected chi connectivity index (χ0v) is 6.10. The van der Waals surface area contributed by atoms with Crippen molar-refractivity contribution in [1.82, 2.24) is 0 Å². The molecule has 0 aromatic carbocycles. The lowest BCUT2D eigenvalue weighted by molar-refractivity contribution is -0.115. The van der Waals surface area contributed by atoms with Crippen LogP contribution in [0.4, 0.5) is 0 Å². The molecule has 0 aromatic rings. The molecule has 4 nitrogen and oxygen atoms in total. The molecule has 64 valence electrons. The standard InChI is InChI=1S/C7H12O4/c8-3-5-7(10)4(6(7)9)1-2-11-5/h4-6,8-10H,1-3H2. The normalized spacial score (nSPS) is 55.4. The lowest BCUT2D eigenvalue weighted by Gasteiger charge is -2.25. The van der Waals surface area contributed by atoms with Crippen molar-refractivity contribution in [3.8, 4) is 0 Å². The van der Waals surface area contributed by atoms with Crippen molar-refractivity contribution < 1.29 is 20.1 Å². The van der Waals surface area contributed by atoms with Crippen molar-refractivity contribution in [2.75, 3.05) is 13.2 Å². The molecule has 1 saturated heterocycles. The van der Waals surface area contributed by atoms with Gasteiger partial charge in [0.1, 0.15) is 11.7 Å². The number of aliphatic hydroxyl groups excluding tert-OH is 2. The minimum atomic E-state index is -1.15. The van der Waals surface area contributed by atoms with Gasteiger partial charge in [0.25, 0.3) is 0 Å². The maximum absolute atomic E-state index is 9.64. The van der Waals surface area contributed by atoms with Crippen LogP contribution >= 0.6 is 0 Å². The Labute approximate surface area is 64.4 Å². The van der Waals surface area contributed by atoms with Crippen molar-refractivity contribution >= 4 is 0 Å². The van der Waals surface area contributed by atoms with Crippen molar-refractivity contribution in [1.29, 1.82) is 0 Å². The van der Waals surface area contributed by atoms with Gasteiger partial charge >= 0.3 is 0 Å². The fraction of sp³-hybridized carbons (Fsp3) is 1.00. The first-order valence-electron chi connectivity index (χ1n) is 3.84. The summed E-state index contributed by atoms with van der Waals surface area (Å²) in [6.07, 6.45) is -0.591. The van der Waals surface area contributed by atoms with E-state index in [0.29, 0.717) is 13.0 Å². The predicted molar refractivity (Wildman–Crippen MR) is 35.9 cm³/mol. The van der Waals surface area contributed by atoms with E-state index in [1.807, 2.05) is 0 Å². The molecule has 1 aliphatic carbocycles. The van der Waals surface area contributed by atoms with Crippen LogP contribution in [0.1, 0.15) is 6.42 Å². The van der Waals surface area contributed by atoms with Crippen LogP contribution < -0.4 is 0 Å². The molecule has 4 unspecified atom stereocenters. The SMILES string of the molecule is OCC1OCCC2C(O)C12O. The molecule has 3 N–H and O–H groups in total. The molecular weight excluding hydrogens is 148 g/mol. The van der Waals surface area contributed by atoms with Crippen molar-refractivity contribution in [3.05, 3.63) is 0 Å². The first-order valence-corrected chi connectivity index (χ1v) is 3.84. The van der Waals surface area contributed by atoms with E-state index >= 15 is 0 Å². The summed E-state index contributed by atoms with van der Waals surface area (Å²) in [6.45, 7) is 0.305.